The summed E-state index contributed by atoms with van der Waals surface area (Å²) in [5, 5.41) is 14.8. The SMILES string of the molecule is CC(=O)NCCNC(C(=O)O)c1cccc(OC(C)C)c1. The third-order valence-corrected chi connectivity index (χ3v) is 2.66. The minimum atomic E-state index is -0.973. The van der Waals surface area contributed by atoms with Crippen LogP contribution in [0, 0.1) is 0 Å². The van der Waals surface area contributed by atoms with Crippen molar-refractivity contribution >= 4 is 11.9 Å². The topological polar surface area (TPSA) is 87.7 Å². The van der Waals surface area contributed by atoms with Crippen molar-refractivity contribution in [2.45, 2.75) is 32.9 Å². The Kier molecular flexibility index (Phi) is 6.68. The molecule has 0 bridgehead atoms. The van der Waals surface area contributed by atoms with Crippen molar-refractivity contribution in [3.63, 3.8) is 0 Å². The lowest BCUT2D eigenvalue weighted by Crippen LogP contribution is -2.35. The number of amides is 1. The highest BCUT2D eigenvalue weighted by Gasteiger charge is 2.19. The van der Waals surface area contributed by atoms with Crippen LogP contribution < -0.4 is 15.4 Å². The summed E-state index contributed by atoms with van der Waals surface area (Å²) in [5.41, 5.74) is 0.614. The molecule has 1 aromatic rings. The predicted octanol–water partition coefficient (Wildman–Crippen LogP) is 1.33. The van der Waals surface area contributed by atoms with Crippen LogP contribution in [0.2, 0.25) is 0 Å². The van der Waals surface area contributed by atoms with Crippen molar-refractivity contribution in [3.8, 4) is 5.75 Å². The molecule has 0 aliphatic heterocycles. The van der Waals surface area contributed by atoms with E-state index in [-0.39, 0.29) is 12.0 Å². The molecule has 0 spiro atoms. The molecule has 0 aliphatic carbocycles. The van der Waals surface area contributed by atoms with Gasteiger partial charge in [0.05, 0.1) is 6.10 Å². The lowest BCUT2D eigenvalue weighted by atomic mass is 10.1. The summed E-state index contributed by atoms with van der Waals surface area (Å²) in [5.74, 6) is -0.479. The number of carbonyl (C=O) groups is 2. The number of nitrogens with one attached hydrogen (secondary N) is 2. The molecule has 1 amide bonds. The van der Waals surface area contributed by atoms with E-state index in [0.717, 1.165) is 0 Å². The van der Waals surface area contributed by atoms with Crippen LogP contribution in [0.4, 0.5) is 0 Å². The van der Waals surface area contributed by atoms with Crippen molar-refractivity contribution in [2.75, 3.05) is 13.1 Å². The zero-order chi connectivity index (χ0) is 15.8. The van der Waals surface area contributed by atoms with E-state index in [4.69, 9.17) is 4.74 Å². The third-order valence-electron chi connectivity index (χ3n) is 2.66. The fourth-order valence-electron chi connectivity index (χ4n) is 1.84. The maximum Gasteiger partial charge on any atom is 0.325 e. The number of aliphatic carboxylic acids is 1. The summed E-state index contributed by atoms with van der Waals surface area (Å²) in [6.07, 6.45) is 0.0243. The predicted molar refractivity (Wildman–Crippen MR) is 79.3 cm³/mol. The van der Waals surface area contributed by atoms with Gasteiger partial charge in [0, 0.05) is 20.0 Å². The second kappa shape index (κ2) is 8.26. The monoisotopic (exact) mass is 294 g/mol. The first kappa shape index (κ1) is 17.0. The molecule has 116 valence electrons. The zero-order valence-corrected chi connectivity index (χ0v) is 12.6. The van der Waals surface area contributed by atoms with Gasteiger partial charge in [-0.3, -0.25) is 14.9 Å². The highest BCUT2D eigenvalue weighted by Crippen LogP contribution is 2.20. The molecule has 21 heavy (non-hydrogen) atoms. The molecule has 1 rings (SSSR count). The summed E-state index contributed by atoms with van der Waals surface area (Å²) in [6, 6.07) is 6.16. The highest BCUT2D eigenvalue weighted by molar-refractivity contribution is 5.75. The van der Waals surface area contributed by atoms with Gasteiger partial charge in [-0.25, -0.2) is 0 Å². The quantitative estimate of drug-likeness (QED) is 0.629. The van der Waals surface area contributed by atoms with Crippen molar-refractivity contribution in [2.24, 2.45) is 0 Å². The number of carbonyl (C=O) groups excluding carboxylic acids is 1. The van der Waals surface area contributed by atoms with E-state index in [0.29, 0.717) is 24.4 Å². The Balaban J connectivity index is 2.71. The van der Waals surface area contributed by atoms with Crippen LogP contribution in [0.3, 0.4) is 0 Å². The zero-order valence-electron chi connectivity index (χ0n) is 12.6. The largest absolute Gasteiger partial charge is 0.491 e. The Hall–Kier alpha value is -2.08. The Morgan fingerprint density at radius 2 is 2.00 bits per heavy atom. The second-order valence-electron chi connectivity index (χ2n) is 4.95. The first-order valence-corrected chi connectivity index (χ1v) is 6.87. The maximum absolute atomic E-state index is 11.4. The van der Waals surface area contributed by atoms with E-state index < -0.39 is 12.0 Å². The average Bonchev–Trinajstić information content (AvgIpc) is 2.37. The molecular weight excluding hydrogens is 272 g/mol. The van der Waals surface area contributed by atoms with Gasteiger partial charge in [0.15, 0.2) is 0 Å². The van der Waals surface area contributed by atoms with E-state index in [9.17, 15) is 14.7 Å². The Labute approximate surface area is 124 Å². The molecule has 6 nitrogen and oxygen atoms in total. The van der Waals surface area contributed by atoms with Crippen LogP contribution >= 0.6 is 0 Å². The van der Waals surface area contributed by atoms with Gasteiger partial charge in [-0.15, -0.1) is 0 Å². The van der Waals surface area contributed by atoms with E-state index in [1.807, 2.05) is 13.8 Å². The van der Waals surface area contributed by atoms with E-state index >= 15 is 0 Å². The average molecular weight is 294 g/mol. The molecule has 0 fully saturated rings. The molecule has 0 heterocycles. The molecule has 1 atom stereocenters. The molecule has 0 saturated carbocycles. The highest BCUT2D eigenvalue weighted by atomic mass is 16.5. The standard InChI is InChI=1S/C15H22N2O4/c1-10(2)21-13-6-4-5-12(9-13)14(15(19)20)17-8-7-16-11(3)18/h4-6,9-10,14,17H,7-8H2,1-3H3,(H,16,18)(H,19,20). The van der Waals surface area contributed by atoms with Gasteiger partial charge >= 0.3 is 5.97 Å². The summed E-state index contributed by atoms with van der Waals surface area (Å²) < 4.78 is 5.56. The summed E-state index contributed by atoms with van der Waals surface area (Å²) in [7, 11) is 0. The molecular formula is C15H22N2O4. The molecule has 0 aliphatic rings. The second-order valence-corrected chi connectivity index (χ2v) is 4.95. The van der Waals surface area contributed by atoms with Gasteiger partial charge in [-0.05, 0) is 31.5 Å². The molecule has 0 radical (unpaired) electrons. The van der Waals surface area contributed by atoms with Gasteiger partial charge < -0.3 is 15.2 Å². The van der Waals surface area contributed by atoms with Gasteiger partial charge in [0.2, 0.25) is 5.91 Å². The van der Waals surface area contributed by atoms with Gasteiger partial charge in [0.1, 0.15) is 11.8 Å². The molecule has 3 N–H and O–H groups in total. The molecule has 0 aromatic heterocycles. The smallest absolute Gasteiger partial charge is 0.325 e. The first-order chi connectivity index (χ1) is 9.90. The van der Waals surface area contributed by atoms with Crippen molar-refractivity contribution in [1.82, 2.24) is 10.6 Å². The number of rotatable bonds is 8. The maximum atomic E-state index is 11.4. The lowest BCUT2D eigenvalue weighted by molar-refractivity contribution is -0.139. The number of carboxylic acid groups (broad SMARTS) is 1. The van der Waals surface area contributed by atoms with Crippen LogP contribution in [0.1, 0.15) is 32.4 Å². The fourth-order valence-corrected chi connectivity index (χ4v) is 1.84. The van der Waals surface area contributed by atoms with E-state index in [2.05, 4.69) is 10.6 Å². The fraction of sp³-hybridized carbons (Fsp3) is 0.467. The number of benzene rings is 1. The van der Waals surface area contributed by atoms with Gasteiger partial charge in [0.25, 0.3) is 0 Å². The van der Waals surface area contributed by atoms with Crippen molar-refractivity contribution in [1.29, 1.82) is 0 Å². The van der Waals surface area contributed by atoms with Crippen LogP contribution in [0.5, 0.6) is 5.75 Å². The number of carboxylic acids is 1. The van der Waals surface area contributed by atoms with Crippen LogP contribution in [0.15, 0.2) is 24.3 Å². The third kappa shape index (κ3) is 6.27. The van der Waals surface area contributed by atoms with Gasteiger partial charge in [-0.1, -0.05) is 12.1 Å². The number of hydrogen-bond acceptors (Lipinski definition) is 4. The van der Waals surface area contributed by atoms with Crippen LogP contribution in [-0.4, -0.2) is 36.2 Å². The molecule has 0 saturated heterocycles. The summed E-state index contributed by atoms with van der Waals surface area (Å²) in [4.78, 5) is 22.1. The van der Waals surface area contributed by atoms with Gasteiger partial charge in [-0.2, -0.15) is 0 Å². The molecule has 1 unspecified atom stereocenters. The summed E-state index contributed by atoms with van der Waals surface area (Å²) in [6.45, 7) is 5.98. The van der Waals surface area contributed by atoms with E-state index in [1.54, 1.807) is 24.3 Å². The van der Waals surface area contributed by atoms with Crippen molar-refractivity contribution in [3.05, 3.63) is 29.8 Å². The minimum Gasteiger partial charge on any atom is -0.491 e. The number of ether oxygens (including phenoxy) is 1. The first-order valence-electron chi connectivity index (χ1n) is 6.87. The lowest BCUT2D eigenvalue weighted by Gasteiger charge is -2.17. The normalized spacial score (nSPS) is 12.0. The minimum absolute atomic E-state index is 0.0243. The molecule has 6 heteroatoms. The Bertz CT molecular complexity index is 488. The Morgan fingerprint density at radius 3 is 2.57 bits per heavy atom. The summed E-state index contributed by atoms with van der Waals surface area (Å²) >= 11 is 0. The van der Waals surface area contributed by atoms with Crippen LogP contribution in [-0.2, 0) is 9.59 Å². The van der Waals surface area contributed by atoms with Crippen LogP contribution in [0.25, 0.3) is 0 Å². The number of hydrogen-bond donors (Lipinski definition) is 3. The Morgan fingerprint density at radius 1 is 1.29 bits per heavy atom. The molecule has 1 aromatic carbocycles. The van der Waals surface area contributed by atoms with Crippen molar-refractivity contribution < 1.29 is 19.4 Å². The van der Waals surface area contributed by atoms with E-state index in [1.165, 1.54) is 6.92 Å².